The number of fused-ring (bicyclic) bond motifs is 2. The van der Waals surface area contributed by atoms with Gasteiger partial charge in [-0.25, -0.2) is 4.98 Å². The van der Waals surface area contributed by atoms with Gasteiger partial charge in [-0.05, 0) is 27.2 Å². The Morgan fingerprint density at radius 3 is 3.05 bits per heavy atom. The van der Waals surface area contributed by atoms with Crippen molar-refractivity contribution < 1.29 is 0 Å². The summed E-state index contributed by atoms with van der Waals surface area (Å²) in [6.45, 7) is 8.05. The molecular formula is C15H20N6S. The molecule has 1 aliphatic rings. The lowest BCUT2D eigenvalue weighted by Gasteiger charge is -2.25. The molecule has 7 heteroatoms. The largest absolute Gasteiger partial charge is 0.314 e. The van der Waals surface area contributed by atoms with Crippen LogP contribution >= 0.6 is 11.3 Å². The Labute approximate surface area is 133 Å². The summed E-state index contributed by atoms with van der Waals surface area (Å²) in [7, 11) is 0. The van der Waals surface area contributed by atoms with Crippen molar-refractivity contribution in [3.05, 3.63) is 34.1 Å². The van der Waals surface area contributed by atoms with Crippen molar-refractivity contribution >= 4 is 16.3 Å². The number of nitrogens with zero attached hydrogens (tertiary/aromatic N) is 5. The highest BCUT2D eigenvalue weighted by Crippen LogP contribution is 2.21. The molecule has 0 spiro atoms. The number of hydrogen-bond acceptors (Lipinski definition) is 5. The molecule has 3 aromatic heterocycles. The van der Waals surface area contributed by atoms with Crippen LogP contribution in [0.15, 0.2) is 6.20 Å². The topological polar surface area (TPSA) is 60.0 Å². The van der Waals surface area contributed by atoms with E-state index in [1.165, 1.54) is 10.6 Å². The van der Waals surface area contributed by atoms with Crippen LogP contribution in [-0.2, 0) is 19.5 Å². The van der Waals surface area contributed by atoms with Gasteiger partial charge in [0.15, 0.2) is 4.96 Å². The second kappa shape index (κ2) is 5.17. The predicted molar refractivity (Wildman–Crippen MR) is 86.3 cm³/mol. The SMILES string of the molecule is Cc1cn2c(CN[C@H]3CCc4nnc(C)n4C3)c(C)nc2s1. The van der Waals surface area contributed by atoms with Gasteiger partial charge >= 0.3 is 0 Å². The van der Waals surface area contributed by atoms with Gasteiger partial charge in [0, 0.05) is 36.6 Å². The Bertz CT molecular complexity index is 827. The van der Waals surface area contributed by atoms with E-state index in [9.17, 15) is 0 Å². The standard InChI is InChI=1S/C15H20N6S/c1-9-7-21-13(10(2)17-15(21)22-9)6-16-12-4-5-14-19-18-11(3)20(14)8-12/h7,12,16H,4-6,8H2,1-3H3/t12-/m0/s1. The number of aromatic nitrogens is 5. The minimum absolute atomic E-state index is 0.465. The first-order valence-electron chi connectivity index (χ1n) is 7.68. The summed E-state index contributed by atoms with van der Waals surface area (Å²) in [5.41, 5.74) is 2.39. The summed E-state index contributed by atoms with van der Waals surface area (Å²) >= 11 is 1.75. The van der Waals surface area contributed by atoms with Gasteiger partial charge in [-0.2, -0.15) is 0 Å². The molecule has 0 aromatic carbocycles. The average molecular weight is 316 g/mol. The first-order valence-corrected chi connectivity index (χ1v) is 8.49. The lowest BCUT2D eigenvalue weighted by molar-refractivity contribution is 0.373. The first-order chi connectivity index (χ1) is 10.6. The highest BCUT2D eigenvalue weighted by molar-refractivity contribution is 7.17. The van der Waals surface area contributed by atoms with Crippen LogP contribution in [0.5, 0.6) is 0 Å². The number of aryl methyl sites for hydroxylation is 4. The zero-order valence-electron chi connectivity index (χ0n) is 13.1. The van der Waals surface area contributed by atoms with E-state index >= 15 is 0 Å². The summed E-state index contributed by atoms with van der Waals surface area (Å²) in [6, 6.07) is 0.465. The molecule has 116 valence electrons. The van der Waals surface area contributed by atoms with Gasteiger partial charge in [0.05, 0.1) is 11.4 Å². The number of thiazole rings is 1. The van der Waals surface area contributed by atoms with Gasteiger partial charge in [0.1, 0.15) is 11.6 Å². The van der Waals surface area contributed by atoms with Crippen LogP contribution in [0.2, 0.25) is 0 Å². The van der Waals surface area contributed by atoms with E-state index in [1.807, 2.05) is 6.92 Å². The quantitative estimate of drug-likeness (QED) is 0.803. The molecule has 0 unspecified atom stereocenters. The third-order valence-corrected chi connectivity index (χ3v) is 5.33. The maximum atomic E-state index is 4.66. The summed E-state index contributed by atoms with van der Waals surface area (Å²) in [6.07, 6.45) is 4.29. The van der Waals surface area contributed by atoms with Crippen LogP contribution in [0.25, 0.3) is 4.96 Å². The number of nitrogens with one attached hydrogen (secondary N) is 1. The van der Waals surface area contributed by atoms with E-state index in [-0.39, 0.29) is 0 Å². The van der Waals surface area contributed by atoms with E-state index < -0.39 is 0 Å². The van der Waals surface area contributed by atoms with Crippen molar-refractivity contribution in [3.63, 3.8) is 0 Å². The highest BCUT2D eigenvalue weighted by Gasteiger charge is 2.21. The second-order valence-corrected chi connectivity index (χ2v) is 7.24. The molecule has 0 amide bonds. The van der Waals surface area contributed by atoms with Crippen LogP contribution in [0, 0.1) is 20.8 Å². The van der Waals surface area contributed by atoms with Crippen molar-refractivity contribution in [1.29, 1.82) is 0 Å². The Morgan fingerprint density at radius 1 is 1.32 bits per heavy atom. The molecule has 0 fully saturated rings. The molecule has 6 nitrogen and oxygen atoms in total. The van der Waals surface area contributed by atoms with Crippen molar-refractivity contribution in [2.75, 3.05) is 0 Å². The third-order valence-electron chi connectivity index (χ3n) is 4.43. The fourth-order valence-electron chi connectivity index (χ4n) is 3.19. The summed E-state index contributed by atoms with van der Waals surface area (Å²) in [5, 5.41) is 12.1. The molecule has 1 aliphatic heterocycles. The lowest BCUT2D eigenvalue weighted by Crippen LogP contribution is -2.37. The van der Waals surface area contributed by atoms with Crippen molar-refractivity contribution in [3.8, 4) is 0 Å². The maximum absolute atomic E-state index is 4.66. The van der Waals surface area contributed by atoms with Gasteiger partial charge in [0.2, 0.25) is 0 Å². The zero-order valence-corrected chi connectivity index (χ0v) is 13.9. The molecule has 4 heterocycles. The molecule has 1 N–H and O–H groups in total. The fraction of sp³-hybridized carbons (Fsp3) is 0.533. The smallest absolute Gasteiger partial charge is 0.194 e. The van der Waals surface area contributed by atoms with E-state index in [0.29, 0.717) is 6.04 Å². The van der Waals surface area contributed by atoms with Crippen LogP contribution in [0.3, 0.4) is 0 Å². The zero-order chi connectivity index (χ0) is 15.3. The second-order valence-electron chi connectivity index (χ2n) is 6.03. The average Bonchev–Trinajstić information content (AvgIpc) is 3.11. The monoisotopic (exact) mass is 316 g/mol. The Balaban J connectivity index is 1.50. The molecule has 0 aliphatic carbocycles. The van der Waals surface area contributed by atoms with Crippen molar-refractivity contribution in [1.82, 2.24) is 29.5 Å². The minimum Gasteiger partial charge on any atom is -0.314 e. The highest BCUT2D eigenvalue weighted by atomic mass is 32.1. The lowest BCUT2D eigenvalue weighted by atomic mass is 10.1. The molecule has 0 saturated carbocycles. The molecule has 3 aromatic rings. The molecule has 0 bridgehead atoms. The molecule has 22 heavy (non-hydrogen) atoms. The van der Waals surface area contributed by atoms with Gasteiger partial charge in [-0.1, -0.05) is 0 Å². The summed E-state index contributed by atoms with van der Waals surface area (Å²) in [5.74, 6) is 2.13. The molecule has 0 saturated heterocycles. The summed E-state index contributed by atoms with van der Waals surface area (Å²) < 4.78 is 4.45. The molecule has 4 rings (SSSR count). The van der Waals surface area contributed by atoms with Crippen LogP contribution in [0.4, 0.5) is 0 Å². The minimum atomic E-state index is 0.465. The third kappa shape index (κ3) is 2.24. The number of imidazole rings is 1. The summed E-state index contributed by atoms with van der Waals surface area (Å²) in [4.78, 5) is 7.04. The van der Waals surface area contributed by atoms with E-state index in [1.54, 1.807) is 11.3 Å². The van der Waals surface area contributed by atoms with Crippen LogP contribution < -0.4 is 5.32 Å². The van der Waals surface area contributed by atoms with Gasteiger partial charge in [-0.3, -0.25) is 4.40 Å². The molecule has 0 radical (unpaired) electrons. The number of rotatable bonds is 3. The Hall–Kier alpha value is -1.73. The van der Waals surface area contributed by atoms with Crippen LogP contribution in [-0.4, -0.2) is 30.2 Å². The van der Waals surface area contributed by atoms with Gasteiger partial charge < -0.3 is 9.88 Å². The maximum Gasteiger partial charge on any atom is 0.194 e. The van der Waals surface area contributed by atoms with Crippen LogP contribution in [0.1, 0.15) is 34.3 Å². The predicted octanol–water partition coefficient (Wildman–Crippen LogP) is 2.02. The van der Waals surface area contributed by atoms with E-state index in [0.717, 1.165) is 48.2 Å². The van der Waals surface area contributed by atoms with Crippen molar-refractivity contribution in [2.45, 2.75) is 52.7 Å². The normalized spacial score (nSPS) is 18.0. The Morgan fingerprint density at radius 2 is 2.18 bits per heavy atom. The van der Waals surface area contributed by atoms with E-state index in [2.05, 4.69) is 49.5 Å². The molecular weight excluding hydrogens is 296 g/mol. The Kier molecular flexibility index (Phi) is 3.27. The molecule has 1 atom stereocenters. The van der Waals surface area contributed by atoms with E-state index in [4.69, 9.17) is 0 Å². The van der Waals surface area contributed by atoms with Crippen molar-refractivity contribution in [2.24, 2.45) is 0 Å². The first kappa shape index (κ1) is 13.9. The fourth-order valence-corrected chi connectivity index (χ4v) is 4.08. The van der Waals surface area contributed by atoms with Gasteiger partial charge in [0.25, 0.3) is 0 Å². The van der Waals surface area contributed by atoms with Gasteiger partial charge in [-0.15, -0.1) is 21.5 Å². The number of hydrogen-bond donors (Lipinski definition) is 1.